The molecule has 1 atom stereocenters. The van der Waals surface area contributed by atoms with Crippen molar-refractivity contribution in [1.82, 2.24) is 20.4 Å². The molecule has 0 spiro atoms. The molecule has 7 nitrogen and oxygen atoms in total. The van der Waals surface area contributed by atoms with Crippen molar-refractivity contribution in [2.45, 2.75) is 18.9 Å². The molecule has 2 N–H and O–H groups in total. The lowest BCUT2D eigenvalue weighted by Gasteiger charge is -2.33. The number of carbonyl (C=O) groups excluding carboxylic acids is 1. The summed E-state index contributed by atoms with van der Waals surface area (Å²) in [5.74, 6) is 0.0455. The number of piperidine rings is 1. The zero-order valence-electron chi connectivity index (χ0n) is 12.8. The number of amides is 1. The first-order valence-corrected chi connectivity index (χ1v) is 7.41. The van der Waals surface area contributed by atoms with Gasteiger partial charge in [0.15, 0.2) is 0 Å². The van der Waals surface area contributed by atoms with E-state index in [1.165, 1.54) is 0 Å². The second kappa shape index (κ2) is 7.99. The van der Waals surface area contributed by atoms with Crippen LogP contribution < -0.4 is 15.5 Å². The van der Waals surface area contributed by atoms with Gasteiger partial charge in [-0.05, 0) is 12.8 Å². The van der Waals surface area contributed by atoms with Gasteiger partial charge in [-0.25, -0.2) is 0 Å². The lowest BCUT2D eigenvalue weighted by molar-refractivity contribution is -0.121. The number of carbonyl (C=O) groups is 1. The summed E-state index contributed by atoms with van der Waals surface area (Å²) in [5, 5.41) is 10.4. The van der Waals surface area contributed by atoms with Crippen molar-refractivity contribution in [1.29, 1.82) is 0 Å². The summed E-state index contributed by atoms with van der Waals surface area (Å²) in [4.78, 5) is 14.1. The maximum Gasteiger partial charge on any atom is 0.234 e. The number of hydrogen-bond acceptors (Lipinski definition) is 5. The zero-order chi connectivity index (χ0) is 15.1. The van der Waals surface area contributed by atoms with Crippen LogP contribution in [-0.4, -0.2) is 61.6 Å². The predicted molar refractivity (Wildman–Crippen MR) is 81.3 cm³/mol. The predicted octanol–water partition coefficient (Wildman–Crippen LogP) is -0.259. The average molecular weight is 295 g/mol. The Morgan fingerprint density at radius 3 is 3.14 bits per heavy atom. The zero-order valence-corrected chi connectivity index (χ0v) is 12.8. The Morgan fingerprint density at radius 1 is 1.57 bits per heavy atom. The van der Waals surface area contributed by atoms with Crippen LogP contribution in [0.5, 0.6) is 0 Å². The molecule has 0 radical (unpaired) electrons. The molecule has 1 unspecified atom stereocenters. The van der Waals surface area contributed by atoms with Crippen molar-refractivity contribution < 1.29 is 9.53 Å². The standard InChI is InChI=1S/C14H25N5O2/c1-18-11-13(8-16-18)19-6-3-4-12(10-19)17-14(20)9-15-5-7-21-2/h8,11-12,15H,3-7,9-10H2,1-2H3,(H,17,20). The normalized spacial score (nSPS) is 18.8. The summed E-state index contributed by atoms with van der Waals surface area (Å²) in [5.41, 5.74) is 1.12. The molecule has 118 valence electrons. The first-order valence-electron chi connectivity index (χ1n) is 7.41. The van der Waals surface area contributed by atoms with Crippen LogP contribution in [0.1, 0.15) is 12.8 Å². The minimum absolute atomic E-state index is 0.0455. The monoisotopic (exact) mass is 295 g/mol. The fourth-order valence-corrected chi connectivity index (χ4v) is 2.56. The van der Waals surface area contributed by atoms with Crippen LogP contribution in [0.2, 0.25) is 0 Å². The third-order valence-electron chi connectivity index (χ3n) is 3.61. The lowest BCUT2D eigenvalue weighted by atomic mass is 10.1. The summed E-state index contributed by atoms with van der Waals surface area (Å²) < 4.78 is 6.73. The van der Waals surface area contributed by atoms with E-state index in [-0.39, 0.29) is 11.9 Å². The molecule has 21 heavy (non-hydrogen) atoms. The highest BCUT2D eigenvalue weighted by Gasteiger charge is 2.22. The first-order chi connectivity index (χ1) is 10.2. The second-order valence-electron chi connectivity index (χ2n) is 5.39. The van der Waals surface area contributed by atoms with E-state index in [9.17, 15) is 4.79 Å². The van der Waals surface area contributed by atoms with E-state index in [2.05, 4.69) is 20.6 Å². The maximum absolute atomic E-state index is 11.9. The first kappa shape index (κ1) is 15.8. The quantitative estimate of drug-likeness (QED) is 0.678. The molecule has 1 aromatic heterocycles. The summed E-state index contributed by atoms with van der Waals surface area (Å²) in [6, 6.07) is 0.204. The summed E-state index contributed by atoms with van der Waals surface area (Å²) in [6.07, 6.45) is 5.99. The minimum atomic E-state index is 0.0455. The summed E-state index contributed by atoms with van der Waals surface area (Å²) in [6.45, 7) is 3.51. The highest BCUT2D eigenvalue weighted by molar-refractivity contribution is 5.78. The number of rotatable bonds is 7. The molecule has 0 bridgehead atoms. The largest absolute Gasteiger partial charge is 0.383 e. The van der Waals surface area contributed by atoms with Crippen LogP contribution in [0.25, 0.3) is 0 Å². The van der Waals surface area contributed by atoms with E-state index in [1.807, 2.05) is 19.4 Å². The van der Waals surface area contributed by atoms with Crippen molar-refractivity contribution in [2.24, 2.45) is 7.05 Å². The average Bonchev–Trinajstić information content (AvgIpc) is 2.91. The van der Waals surface area contributed by atoms with Gasteiger partial charge in [0.25, 0.3) is 0 Å². The van der Waals surface area contributed by atoms with Gasteiger partial charge in [0.2, 0.25) is 5.91 Å². The molecule has 1 aliphatic heterocycles. The van der Waals surface area contributed by atoms with Crippen molar-refractivity contribution in [3.05, 3.63) is 12.4 Å². The molecule has 2 rings (SSSR count). The summed E-state index contributed by atoms with van der Waals surface area (Å²) in [7, 11) is 3.56. The van der Waals surface area contributed by atoms with Gasteiger partial charge in [-0.1, -0.05) is 0 Å². The SMILES string of the molecule is COCCNCC(=O)NC1CCCN(c2cnn(C)c2)C1. The van der Waals surface area contributed by atoms with Gasteiger partial charge >= 0.3 is 0 Å². The molecule has 1 aromatic rings. The van der Waals surface area contributed by atoms with Gasteiger partial charge in [-0.15, -0.1) is 0 Å². The van der Waals surface area contributed by atoms with Crippen LogP contribution >= 0.6 is 0 Å². The van der Waals surface area contributed by atoms with Crippen molar-refractivity contribution in [2.75, 3.05) is 44.8 Å². The topological polar surface area (TPSA) is 71.4 Å². The molecule has 1 fully saturated rings. The van der Waals surface area contributed by atoms with Crippen molar-refractivity contribution >= 4 is 11.6 Å². The molecule has 0 aliphatic carbocycles. The summed E-state index contributed by atoms with van der Waals surface area (Å²) >= 11 is 0. The molecule has 1 aliphatic rings. The third-order valence-corrected chi connectivity index (χ3v) is 3.61. The van der Waals surface area contributed by atoms with Crippen molar-refractivity contribution in [3.63, 3.8) is 0 Å². The maximum atomic E-state index is 11.9. The highest BCUT2D eigenvalue weighted by Crippen LogP contribution is 2.18. The second-order valence-corrected chi connectivity index (χ2v) is 5.39. The molecular formula is C14H25N5O2. The molecule has 7 heteroatoms. The van der Waals surface area contributed by atoms with Gasteiger partial charge < -0.3 is 20.3 Å². The number of anilines is 1. The lowest BCUT2D eigenvalue weighted by Crippen LogP contribution is -2.49. The van der Waals surface area contributed by atoms with Crippen LogP contribution in [0.15, 0.2) is 12.4 Å². The van der Waals surface area contributed by atoms with Gasteiger partial charge in [-0.2, -0.15) is 5.10 Å². The van der Waals surface area contributed by atoms with Gasteiger partial charge in [0.1, 0.15) is 0 Å². The van der Waals surface area contributed by atoms with E-state index in [4.69, 9.17) is 4.74 Å². The van der Waals surface area contributed by atoms with E-state index < -0.39 is 0 Å². The smallest absolute Gasteiger partial charge is 0.234 e. The number of ether oxygens (including phenoxy) is 1. The Morgan fingerprint density at radius 2 is 2.43 bits per heavy atom. The number of aromatic nitrogens is 2. The number of methoxy groups -OCH3 is 1. The molecule has 0 saturated carbocycles. The van der Waals surface area contributed by atoms with Crippen LogP contribution in [0.3, 0.4) is 0 Å². The molecule has 2 heterocycles. The molecule has 0 aromatic carbocycles. The van der Waals surface area contributed by atoms with E-state index >= 15 is 0 Å². The van der Waals surface area contributed by atoms with Gasteiger partial charge in [-0.3, -0.25) is 9.48 Å². The number of nitrogens with one attached hydrogen (secondary N) is 2. The number of nitrogens with zero attached hydrogens (tertiary/aromatic N) is 3. The van der Waals surface area contributed by atoms with E-state index in [0.29, 0.717) is 19.7 Å². The Kier molecular flexibility index (Phi) is 6.01. The van der Waals surface area contributed by atoms with Gasteiger partial charge in [0, 0.05) is 46.0 Å². The Hall–Kier alpha value is -1.60. The Labute approximate surface area is 125 Å². The fraction of sp³-hybridized carbons (Fsp3) is 0.714. The molecule has 1 amide bonds. The highest BCUT2D eigenvalue weighted by atomic mass is 16.5. The number of hydrogen-bond donors (Lipinski definition) is 2. The van der Waals surface area contributed by atoms with E-state index in [1.54, 1.807) is 11.8 Å². The fourth-order valence-electron chi connectivity index (χ4n) is 2.56. The Balaban J connectivity index is 1.74. The van der Waals surface area contributed by atoms with Gasteiger partial charge in [0.05, 0.1) is 25.0 Å². The Bertz CT molecular complexity index is 448. The molecule has 1 saturated heterocycles. The third kappa shape index (κ3) is 5.02. The number of aryl methyl sites for hydroxylation is 1. The van der Waals surface area contributed by atoms with Crippen LogP contribution in [-0.2, 0) is 16.6 Å². The van der Waals surface area contributed by atoms with Crippen LogP contribution in [0, 0.1) is 0 Å². The van der Waals surface area contributed by atoms with E-state index in [0.717, 1.165) is 31.6 Å². The molecular weight excluding hydrogens is 270 g/mol. The minimum Gasteiger partial charge on any atom is -0.383 e. The van der Waals surface area contributed by atoms with Crippen LogP contribution in [0.4, 0.5) is 5.69 Å². The van der Waals surface area contributed by atoms with Crippen molar-refractivity contribution in [3.8, 4) is 0 Å².